The van der Waals surface area contributed by atoms with Crippen molar-refractivity contribution in [2.75, 3.05) is 12.4 Å². The van der Waals surface area contributed by atoms with Crippen LogP contribution in [0.2, 0.25) is 0 Å². The lowest BCUT2D eigenvalue weighted by Crippen LogP contribution is -2.47. The topological polar surface area (TPSA) is 101 Å². The van der Waals surface area contributed by atoms with Gasteiger partial charge in [-0.3, -0.25) is 9.78 Å². The fourth-order valence-corrected chi connectivity index (χ4v) is 2.14. The van der Waals surface area contributed by atoms with E-state index >= 15 is 0 Å². The van der Waals surface area contributed by atoms with Crippen LogP contribution < -0.4 is 5.32 Å². The maximum atomic E-state index is 11.3. The third-order valence-corrected chi connectivity index (χ3v) is 3.22. The van der Waals surface area contributed by atoms with Gasteiger partial charge in [0.1, 0.15) is 5.82 Å². The van der Waals surface area contributed by atoms with E-state index in [-0.39, 0.29) is 12.1 Å². The molecule has 2 rings (SSSR count). The Hall–Kier alpha value is -2.18. The molecule has 1 aliphatic rings. The summed E-state index contributed by atoms with van der Waals surface area (Å²) in [4.78, 5) is 30.2. The average Bonchev–Trinajstić information content (AvgIpc) is 2.35. The molecular weight excluding hydrogens is 250 g/mol. The van der Waals surface area contributed by atoms with Crippen LogP contribution in [0.3, 0.4) is 0 Å². The highest BCUT2D eigenvalue weighted by Gasteiger charge is 2.39. The molecule has 1 aromatic heterocycles. The number of hydrogen-bond donors (Lipinski definition) is 2. The summed E-state index contributed by atoms with van der Waals surface area (Å²) in [5.74, 6) is -1.04. The lowest BCUT2D eigenvalue weighted by molar-refractivity contribution is -0.138. The molecule has 1 heterocycles. The summed E-state index contributed by atoms with van der Waals surface area (Å²) >= 11 is 0. The van der Waals surface area contributed by atoms with Gasteiger partial charge < -0.3 is 15.2 Å². The summed E-state index contributed by atoms with van der Waals surface area (Å²) in [7, 11) is 1.27. The highest BCUT2D eigenvalue weighted by atomic mass is 16.5. The quantitative estimate of drug-likeness (QED) is 0.768. The van der Waals surface area contributed by atoms with Gasteiger partial charge in [-0.15, -0.1) is 0 Å². The summed E-state index contributed by atoms with van der Waals surface area (Å²) < 4.78 is 4.56. The van der Waals surface area contributed by atoms with Gasteiger partial charge in [0.25, 0.3) is 0 Å². The molecule has 0 atom stereocenters. The Labute approximate surface area is 110 Å². The Bertz CT molecular complexity index is 500. The Kier molecular flexibility index (Phi) is 3.64. The molecule has 7 heteroatoms. The lowest BCUT2D eigenvalue weighted by Gasteiger charge is -2.41. The molecule has 0 saturated heterocycles. The summed E-state index contributed by atoms with van der Waals surface area (Å²) in [6.07, 6.45) is 5.31. The van der Waals surface area contributed by atoms with Gasteiger partial charge in [0, 0.05) is 5.54 Å². The summed E-state index contributed by atoms with van der Waals surface area (Å²) in [5.41, 5.74) is -0.382. The van der Waals surface area contributed by atoms with Crippen LogP contribution in [0.4, 0.5) is 5.82 Å². The Morgan fingerprint density at radius 3 is 2.74 bits per heavy atom. The van der Waals surface area contributed by atoms with Gasteiger partial charge in [0.2, 0.25) is 0 Å². The minimum Gasteiger partial charge on any atom is -0.481 e. The zero-order valence-electron chi connectivity index (χ0n) is 10.5. The third-order valence-electron chi connectivity index (χ3n) is 3.22. The number of esters is 1. The molecule has 0 amide bonds. The maximum Gasteiger partial charge on any atom is 0.358 e. The predicted molar refractivity (Wildman–Crippen MR) is 65.8 cm³/mol. The number of nitrogens with one attached hydrogen (secondary N) is 1. The van der Waals surface area contributed by atoms with Gasteiger partial charge in [0.15, 0.2) is 5.69 Å². The zero-order valence-corrected chi connectivity index (χ0v) is 10.5. The van der Waals surface area contributed by atoms with Crippen molar-refractivity contribution in [3.8, 4) is 0 Å². The SMILES string of the molecule is COC(=O)c1cncc(NC2(CC(=O)O)CCC2)n1. The number of hydrogen-bond acceptors (Lipinski definition) is 6. The van der Waals surface area contributed by atoms with E-state index in [1.807, 2.05) is 0 Å². The number of nitrogens with zero attached hydrogens (tertiary/aromatic N) is 2. The van der Waals surface area contributed by atoms with E-state index in [0.717, 1.165) is 19.3 Å². The lowest BCUT2D eigenvalue weighted by atomic mass is 9.74. The van der Waals surface area contributed by atoms with E-state index in [0.29, 0.717) is 5.82 Å². The third kappa shape index (κ3) is 2.98. The van der Waals surface area contributed by atoms with Crippen LogP contribution in [0.15, 0.2) is 12.4 Å². The highest BCUT2D eigenvalue weighted by molar-refractivity contribution is 5.87. The number of carbonyl (C=O) groups is 2. The number of carboxylic acids is 1. The number of carbonyl (C=O) groups excluding carboxylic acids is 1. The number of aromatic nitrogens is 2. The van der Waals surface area contributed by atoms with Crippen molar-refractivity contribution < 1.29 is 19.4 Å². The molecule has 1 fully saturated rings. The second-order valence-electron chi connectivity index (χ2n) is 4.61. The van der Waals surface area contributed by atoms with E-state index in [4.69, 9.17) is 5.11 Å². The Balaban J connectivity index is 2.14. The van der Waals surface area contributed by atoms with Crippen molar-refractivity contribution in [3.05, 3.63) is 18.1 Å². The molecular formula is C12H15N3O4. The maximum absolute atomic E-state index is 11.3. The van der Waals surface area contributed by atoms with Gasteiger partial charge >= 0.3 is 11.9 Å². The first kappa shape index (κ1) is 13.3. The fourth-order valence-electron chi connectivity index (χ4n) is 2.14. The molecule has 1 aliphatic carbocycles. The van der Waals surface area contributed by atoms with Gasteiger partial charge in [0.05, 0.1) is 25.9 Å². The van der Waals surface area contributed by atoms with E-state index in [9.17, 15) is 9.59 Å². The predicted octanol–water partition coefficient (Wildman–Crippen LogP) is 1.07. The molecule has 0 radical (unpaired) electrons. The first-order chi connectivity index (χ1) is 9.04. The molecule has 1 saturated carbocycles. The van der Waals surface area contributed by atoms with Gasteiger partial charge in [-0.25, -0.2) is 9.78 Å². The van der Waals surface area contributed by atoms with Crippen LogP contribution in [-0.2, 0) is 9.53 Å². The minimum absolute atomic E-state index is 0.0249. The second-order valence-corrected chi connectivity index (χ2v) is 4.61. The minimum atomic E-state index is -0.857. The average molecular weight is 265 g/mol. The number of carboxylic acid groups (broad SMARTS) is 1. The number of anilines is 1. The zero-order chi connectivity index (χ0) is 13.9. The molecule has 0 bridgehead atoms. The Morgan fingerprint density at radius 1 is 1.47 bits per heavy atom. The summed E-state index contributed by atoms with van der Waals surface area (Å²) in [5, 5.41) is 12.0. The number of methoxy groups -OCH3 is 1. The van der Waals surface area contributed by atoms with Crippen molar-refractivity contribution in [1.82, 2.24) is 9.97 Å². The molecule has 19 heavy (non-hydrogen) atoms. The van der Waals surface area contributed by atoms with Crippen LogP contribution in [0.5, 0.6) is 0 Å². The van der Waals surface area contributed by atoms with Crippen LogP contribution >= 0.6 is 0 Å². The van der Waals surface area contributed by atoms with Crippen molar-refractivity contribution >= 4 is 17.8 Å². The molecule has 0 aliphatic heterocycles. The molecule has 7 nitrogen and oxygen atoms in total. The van der Waals surface area contributed by atoms with Crippen LogP contribution in [-0.4, -0.2) is 39.7 Å². The summed E-state index contributed by atoms with van der Waals surface area (Å²) in [6, 6.07) is 0. The van der Waals surface area contributed by atoms with Crippen molar-refractivity contribution in [3.63, 3.8) is 0 Å². The largest absolute Gasteiger partial charge is 0.481 e. The van der Waals surface area contributed by atoms with E-state index in [2.05, 4.69) is 20.0 Å². The second kappa shape index (κ2) is 5.21. The van der Waals surface area contributed by atoms with Gasteiger partial charge in [-0.1, -0.05) is 0 Å². The van der Waals surface area contributed by atoms with Crippen LogP contribution in [0.1, 0.15) is 36.2 Å². The molecule has 1 aromatic rings. The van der Waals surface area contributed by atoms with Crippen LogP contribution in [0, 0.1) is 0 Å². The number of rotatable bonds is 5. The molecule has 2 N–H and O–H groups in total. The number of ether oxygens (including phenoxy) is 1. The molecule has 0 unspecified atom stereocenters. The molecule has 0 spiro atoms. The normalized spacial score (nSPS) is 16.3. The number of aliphatic carboxylic acids is 1. The first-order valence-corrected chi connectivity index (χ1v) is 5.95. The fraction of sp³-hybridized carbons (Fsp3) is 0.500. The summed E-state index contributed by atoms with van der Waals surface area (Å²) in [6.45, 7) is 0. The van der Waals surface area contributed by atoms with E-state index in [1.165, 1.54) is 19.5 Å². The van der Waals surface area contributed by atoms with E-state index in [1.54, 1.807) is 0 Å². The van der Waals surface area contributed by atoms with Crippen molar-refractivity contribution in [2.45, 2.75) is 31.2 Å². The molecule has 0 aromatic carbocycles. The monoisotopic (exact) mass is 265 g/mol. The van der Waals surface area contributed by atoms with Gasteiger partial charge in [-0.05, 0) is 19.3 Å². The van der Waals surface area contributed by atoms with Gasteiger partial charge in [-0.2, -0.15) is 0 Å². The highest BCUT2D eigenvalue weighted by Crippen LogP contribution is 2.37. The molecule has 102 valence electrons. The standard InChI is InChI=1S/C12H15N3O4/c1-19-11(18)8-6-13-7-9(14-8)15-12(3-2-4-12)5-10(16)17/h6-7H,2-5H2,1H3,(H,14,15)(H,16,17). The van der Waals surface area contributed by atoms with E-state index < -0.39 is 17.5 Å². The van der Waals surface area contributed by atoms with Crippen molar-refractivity contribution in [1.29, 1.82) is 0 Å². The van der Waals surface area contributed by atoms with Crippen molar-refractivity contribution in [2.24, 2.45) is 0 Å². The first-order valence-electron chi connectivity index (χ1n) is 5.95. The smallest absolute Gasteiger partial charge is 0.358 e. The van der Waals surface area contributed by atoms with Crippen LogP contribution in [0.25, 0.3) is 0 Å². The Morgan fingerprint density at radius 2 is 2.21 bits per heavy atom.